The summed E-state index contributed by atoms with van der Waals surface area (Å²) in [6.07, 6.45) is 14.1. The Morgan fingerprint density at radius 3 is 2.49 bits per heavy atom. The van der Waals surface area contributed by atoms with Gasteiger partial charge in [-0.2, -0.15) is 0 Å². The molecule has 0 saturated carbocycles. The summed E-state index contributed by atoms with van der Waals surface area (Å²) in [5.41, 5.74) is 7.14. The molecule has 0 atom stereocenters. The Morgan fingerprint density at radius 1 is 1.06 bits per heavy atom. The number of imidazole rings is 1. The lowest BCUT2D eigenvalue weighted by molar-refractivity contribution is -0.107. The molecule has 0 aliphatic heterocycles. The van der Waals surface area contributed by atoms with Crippen molar-refractivity contribution in [3.05, 3.63) is 64.8 Å². The van der Waals surface area contributed by atoms with Gasteiger partial charge in [-0.25, -0.2) is 9.97 Å². The summed E-state index contributed by atoms with van der Waals surface area (Å²) in [7, 11) is 3.75. The monoisotopic (exact) mass is 494 g/mol. The van der Waals surface area contributed by atoms with E-state index in [4.69, 9.17) is 5.73 Å². The molecule has 4 aromatic rings. The molecule has 0 radical (unpaired) electrons. The molecule has 1 aromatic carbocycles. The lowest BCUT2D eigenvalue weighted by Gasteiger charge is -2.01. The summed E-state index contributed by atoms with van der Waals surface area (Å²) in [4.78, 5) is 37.1. The highest BCUT2D eigenvalue weighted by molar-refractivity contribution is 7.13. The maximum Gasteiger partial charge on any atom is 0.260 e. The standard InChI is InChI=1S/C19H21N3O.C5H6N2OS.C2H7N/c23-11-5-3-1-2-4-6-19-21-14-18(22-19)16-8-7-15-9-10-20-13-17(15)12-16;1-3-7-2-4(9-3)5(6)8;1-3-2/h7-14H,1-6H2,(H,21,22);2H,1H3,(H2,6,8);3H,1-2H3. The zero-order chi connectivity index (χ0) is 25.5. The fourth-order valence-corrected chi connectivity index (χ4v) is 3.87. The minimum atomic E-state index is -0.402. The second kappa shape index (κ2) is 15.5. The number of amides is 1. The number of hydrogen-bond donors (Lipinski definition) is 3. The van der Waals surface area contributed by atoms with Gasteiger partial charge in [0.2, 0.25) is 0 Å². The smallest absolute Gasteiger partial charge is 0.260 e. The molecule has 0 fully saturated rings. The Kier molecular flexibility index (Phi) is 12.3. The number of thiazole rings is 1. The van der Waals surface area contributed by atoms with Crippen LogP contribution in [0.2, 0.25) is 0 Å². The van der Waals surface area contributed by atoms with Crippen molar-refractivity contribution in [2.24, 2.45) is 5.73 Å². The van der Waals surface area contributed by atoms with Crippen LogP contribution >= 0.6 is 11.3 Å². The van der Waals surface area contributed by atoms with E-state index in [0.717, 1.165) is 65.9 Å². The summed E-state index contributed by atoms with van der Waals surface area (Å²) in [6, 6.07) is 8.38. The molecule has 8 nitrogen and oxygen atoms in total. The molecule has 0 aliphatic rings. The van der Waals surface area contributed by atoms with Crippen LogP contribution < -0.4 is 11.1 Å². The number of H-pyrrole nitrogens is 1. The number of aromatic amines is 1. The van der Waals surface area contributed by atoms with Gasteiger partial charge < -0.3 is 20.8 Å². The number of nitrogens with zero attached hydrogens (tertiary/aromatic N) is 3. The van der Waals surface area contributed by atoms with Gasteiger partial charge >= 0.3 is 0 Å². The first kappa shape index (κ1) is 27.8. The van der Waals surface area contributed by atoms with E-state index in [9.17, 15) is 9.59 Å². The predicted octanol–water partition coefficient (Wildman–Crippen LogP) is 4.70. The number of rotatable bonds is 9. The number of aryl methyl sites for hydroxylation is 2. The van der Waals surface area contributed by atoms with Crippen LogP contribution in [0.1, 0.15) is 52.6 Å². The van der Waals surface area contributed by atoms with Crippen LogP contribution in [0, 0.1) is 6.92 Å². The molecular formula is C26H34N6O2S. The van der Waals surface area contributed by atoms with Crippen molar-refractivity contribution in [3.63, 3.8) is 0 Å². The van der Waals surface area contributed by atoms with E-state index >= 15 is 0 Å². The molecule has 0 spiro atoms. The van der Waals surface area contributed by atoms with E-state index in [1.165, 1.54) is 22.9 Å². The van der Waals surface area contributed by atoms with E-state index in [-0.39, 0.29) is 0 Å². The third kappa shape index (κ3) is 9.76. The summed E-state index contributed by atoms with van der Waals surface area (Å²) >= 11 is 1.31. The number of nitrogens with one attached hydrogen (secondary N) is 2. The summed E-state index contributed by atoms with van der Waals surface area (Å²) < 4.78 is 0. The number of unbranched alkanes of at least 4 members (excludes halogenated alkanes) is 4. The second-order valence-electron chi connectivity index (χ2n) is 7.91. The zero-order valence-corrected chi connectivity index (χ0v) is 21.4. The number of hydrogen-bond acceptors (Lipinski definition) is 7. The first-order chi connectivity index (χ1) is 17.0. The molecule has 0 bridgehead atoms. The third-order valence-corrected chi connectivity index (χ3v) is 5.86. The molecule has 4 rings (SSSR count). The number of primary amides is 1. The van der Waals surface area contributed by atoms with Crippen molar-refractivity contribution < 1.29 is 9.59 Å². The Balaban J connectivity index is 0.000000299. The fraction of sp³-hybridized carbons (Fsp3) is 0.346. The Hall–Kier alpha value is -3.43. The maximum atomic E-state index is 10.4. The van der Waals surface area contributed by atoms with E-state index in [0.29, 0.717) is 11.3 Å². The molecule has 0 aliphatic carbocycles. The van der Waals surface area contributed by atoms with E-state index in [2.05, 4.69) is 43.5 Å². The largest absolute Gasteiger partial charge is 0.365 e. The second-order valence-corrected chi connectivity index (χ2v) is 9.14. The van der Waals surface area contributed by atoms with E-state index in [1.807, 2.05) is 45.7 Å². The fourth-order valence-electron chi connectivity index (χ4n) is 3.24. The Bertz CT molecular complexity index is 1190. The number of aldehydes is 1. The molecular weight excluding hydrogens is 460 g/mol. The first-order valence-corrected chi connectivity index (χ1v) is 12.4. The molecule has 0 saturated heterocycles. The lowest BCUT2D eigenvalue weighted by Crippen LogP contribution is -2.08. The van der Waals surface area contributed by atoms with Crippen molar-refractivity contribution in [3.8, 4) is 11.3 Å². The topological polar surface area (TPSA) is 127 Å². The third-order valence-electron chi connectivity index (χ3n) is 4.93. The van der Waals surface area contributed by atoms with Crippen molar-refractivity contribution >= 4 is 34.3 Å². The van der Waals surface area contributed by atoms with Gasteiger partial charge in [-0.1, -0.05) is 25.0 Å². The van der Waals surface area contributed by atoms with Gasteiger partial charge in [0.1, 0.15) is 17.0 Å². The van der Waals surface area contributed by atoms with Crippen LogP contribution in [0.3, 0.4) is 0 Å². The van der Waals surface area contributed by atoms with Gasteiger partial charge in [-0.05, 0) is 51.4 Å². The van der Waals surface area contributed by atoms with Gasteiger partial charge in [0, 0.05) is 36.2 Å². The van der Waals surface area contributed by atoms with Crippen LogP contribution in [-0.2, 0) is 11.2 Å². The highest BCUT2D eigenvalue weighted by Crippen LogP contribution is 2.23. The summed E-state index contributed by atoms with van der Waals surface area (Å²) in [5, 5.41) is 5.94. The van der Waals surface area contributed by atoms with Crippen LogP contribution in [-0.4, -0.2) is 46.2 Å². The first-order valence-electron chi connectivity index (χ1n) is 11.6. The number of aromatic nitrogens is 4. The Morgan fingerprint density at radius 2 is 1.83 bits per heavy atom. The molecule has 9 heteroatoms. The van der Waals surface area contributed by atoms with E-state index in [1.54, 1.807) is 0 Å². The van der Waals surface area contributed by atoms with Crippen LogP contribution in [0.4, 0.5) is 0 Å². The lowest BCUT2D eigenvalue weighted by atomic mass is 10.1. The molecule has 0 unspecified atom stereocenters. The SMILES string of the molecule is CNC.Cc1ncc(C(N)=O)s1.O=CCCCCCCc1ncc(-c2ccc3ccncc3c2)[nH]1. The number of carbonyl (C=O) groups excluding carboxylic acids is 2. The molecule has 1 amide bonds. The number of benzene rings is 1. The van der Waals surface area contributed by atoms with Crippen molar-refractivity contribution in [1.82, 2.24) is 25.3 Å². The highest BCUT2D eigenvalue weighted by atomic mass is 32.1. The number of nitrogens with two attached hydrogens (primary N) is 1. The normalized spacial score (nSPS) is 10.1. The zero-order valence-electron chi connectivity index (χ0n) is 20.6. The van der Waals surface area contributed by atoms with Gasteiger partial charge in [-0.15, -0.1) is 11.3 Å². The summed E-state index contributed by atoms with van der Waals surface area (Å²) in [5.74, 6) is 0.627. The van der Waals surface area contributed by atoms with Crippen LogP contribution in [0.5, 0.6) is 0 Å². The van der Waals surface area contributed by atoms with Gasteiger partial charge in [-0.3, -0.25) is 9.78 Å². The van der Waals surface area contributed by atoms with E-state index < -0.39 is 5.91 Å². The molecule has 4 N–H and O–H groups in total. The number of carbonyl (C=O) groups is 2. The van der Waals surface area contributed by atoms with Crippen molar-refractivity contribution in [2.75, 3.05) is 14.1 Å². The Labute approximate surface area is 210 Å². The molecule has 3 heterocycles. The van der Waals surface area contributed by atoms with Crippen molar-refractivity contribution in [2.45, 2.75) is 45.4 Å². The van der Waals surface area contributed by atoms with Crippen LogP contribution in [0.15, 0.2) is 49.1 Å². The predicted molar refractivity (Wildman–Crippen MR) is 143 cm³/mol. The van der Waals surface area contributed by atoms with Gasteiger partial charge in [0.05, 0.1) is 23.1 Å². The average Bonchev–Trinajstić information content (AvgIpc) is 3.51. The summed E-state index contributed by atoms with van der Waals surface area (Å²) in [6.45, 7) is 1.83. The molecule has 186 valence electrons. The number of fused-ring (bicyclic) bond motifs is 1. The maximum absolute atomic E-state index is 10.4. The average molecular weight is 495 g/mol. The number of pyridine rings is 1. The van der Waals surface area contributed by atoms with Crippen molar-refractivity contribution in [1.29, 1.82) is 0 Å². The minimum Gasteiger partial charge on any atom is -0.365 e. The molecule has 3 aromatic heterocycles. The minimum absolute atomic E-state index is 0.402. The highest BCUT2D eigenvalue weighted by Gasteiger charge is 2.05. The van der Waals surface area contributed by atoms with Gasteiger partial charge in [0.15, 0.2) is 0 Å². The quantitative estimate of drug-likeness (QED) is 0.229. The van der Waals surface area contributed by atoms with Crippen LogP contribution in [0.25, 0.3) is 22.0 Å². The molecule has 35 heavy (non-hydrogen) atoms. The van der Waals surface area contributed by atoms with Gasteiger partial charge in [0.25, 0.3) is 5.91 Å².